The topological polar surface area (TPSA) is 123 Å². The summed E-state index contributed by atoms with van der Waals surface area (Å²) in [4.78, 5) is 0.00523. The predicted molar refractivity (Wildman–Crippen MR) is 127 cm³/mol. The molecule has 1 N–H and O–H groups in total. The minimum Gasteiger partial charge on any atom is -0.496 e. The third-order valence-corrected chi connectivity index (χ3v) is 9.30. The van der Waals surface area contributed by atoms with Crippen LogP contribution in [0.15, 0.2) is 46.2 Å². The van der Waals surface area contributed by atoms with Crippen molar-refractivity contribution in [3.63, 3.8) is 0 Å². The van der Waals surface area contributed by atoms with E-state index >= 15 is 0 Å². The molecule has 0 radical (unpaired) electrons. The van der Waals surface area contributed by atoms with Gasteiger partial charge < -0.3 is 19.3 Å². The number of likely N-dealkylation sites (N-methyl/N-ethyl adjacent to an activating group) is 2. The molecule has 12 heteroatoms. The molecule has 0 unspecified atom stereocenters. The largest absolute Gasteiger partial charge is 0.496 e. The van der Waals surface area contributed by atoms with Gasteiger partial charge in [0.25, 0.3) is 0 Å². The fraction of sp³-hybridized carbons (Fsp3) is 0.455. The zero-order chi connectivity index (χ0) is 25.5. The van der Waals surface area contributed by atoms with Crippen molar-refractivity contribution in [1.29, 1.82) is 0 Å². The molecule has 10 nitrogen and oxygen atoms in total. The molecular weight excluding hydrogens is 484 g/mol. The third-order valence-electron chi connectivity index (χ3n) is 5.36. The molecule has 2 aromatic rings. The average molecular weight is 517 g/mol. The van der Waals surface area contributed by atoms with Crippen molar-refractivity contribution in [2.45, 2.75) is 30.2 Å². The van der Waals surface area contributed by atoms with E-state index < -0.39 is 20.0 Å². The monoisotopic (exact) mass is 516 g/mol. The van der Waals surface area contributed by atoms with Crippen molar-refractivity contribution in [3.05, 3.63) is 42.0 Å². The number of hydrogen-bond donors (Lipinski definition) is 1. The summed E-state index contributed by atoms with van der Waals surface area (Å²) in [7, 11) is -3.55. The highest BCUT2D eigenvalue weighted by Crippen LogP contribution is 2.31. The van der Waals surface area contributed by atoms with Crippen molar-refractivity contribution >= 4 is 20.0 Å². The lowest BCUT2D eigenvalue weighted by molar-refractivity contribution is 0.273. The van der Waals surface area contributed by atoms with Crippen molar-refractivity contribution in [2.24, 2.45) is 0 Å². The summed E-state index contributed by atoms with van der Waals surface area (Å²) < 4.78 is 70.8. The minimum atomic E-state index is -3.93. The van der Waals surface area contributed by atoms with E-state index in [1.165, 1.54) is 66.3 Å². The Balaban J connectivity index is 2.29. The molecule has 34 heavy (non-hydrogen) atoms. The van der Waals surface area contributed by atoms with Crippen LogP contribution in [0.5, 0.6) is 17.2 Å². The predicted octanol–water partition coefficient (Wildman–Crippen LogP) is 1.93. The molecule has 0 amide bonds. The zero-order valence-electron chi connectivity index (χ0n) is 20.0. The summed E-state index contributed by atoms with van der Waals surface area (Å²) >= 11 is 0. The van der Waals surface area contributed by atoms with Crippen LogP contribution in [-0.4, -0.2) is 78.1 Å². The molecule has 0 aliphatic carbocycles. The average Bonchev–Trinajstić information content (AvgIpc) is 2.85. The van der Waals surface area contributed by atoms with Crippen molar-refractivity contribution < 1.29 is 36.2 Å². The van der Waals surface area contributed by atoms with Gasteiger partial charge in [0.2, 0.25) is 20.0 Å². The number of benzene rings is 2. The molecule has 190 valence electrons. The molecule has 0 bridgehead atoms. The number of nitrogens with zero attached hydrogens (tertiary/aromatic N) is 2. The first-order chi connectivity index (χ1) is 16.1. The van der Waals surface area contributed by atoms with Gasteiger partial charge in [0.05, 0.1) is 37.7 Å². The summed E-state index contributed by atoms with van der Waals surface area (Å²) in [6, 6.07) is 8.53. The fourth-order valence-corrected chi connectivity index (χ4v) is 6.38. The van der Waals surface area contributed by atoms with E-state index in [0.717, 1.165) is 0 Å². The first-order valence-corrected chi connectivity index (χ1v) is 13.5. The maximum Gasteiger partial charge on any atom is 0.243 e. The number of hydrogen-bond acceptors (Lipinski definition) is 8. The van der Waals surface area contributed by atoms with Crippen LogP contribution in [0.4, 0.5) is 0 Å². The standard InChI is InChI=1S/C22H32N2O8S2/c1-6-23(33(26,27)18-8-10-20(30-3)17(14-18)16-25)12-13-24(7-2)34(28,29)19-9-11-21(31-4)22(15-19)32-5/h8-11,14-15,25H,6-7,12-13,16H2,1-5H3. The van der Waals surface area contributed by atoms with Gasteiger partial charge in [-0.1, -0.05) is 13.8 Å². The molecule has 0 aliphatic rings. The smallest absolute Gasteiger partial charge is 0.243 e. The molecule has 0 aromatic heterocycles. The first-order valence-electron chi connectivity index (χ1n) is 10.6. The molecule has 0 aliphatic heterocycles. The lowest BCUT2D eigenvalue weighted by Gasteiger charge is -2.26. The Hall–Kier alpha value is -2.38. The minimum absolute atomic E-state index is 0.00926. The Bertz CT molecular complexity index is 1090. The Morgan fingerprint density at radius 1 is 0.706 bits per heavy atom. The highest BCUT2D eigenvalue weighted by atomic mass is 32.2. The van der Waals surface area contributed by atoms with Crippen LogP contribution in [0, 0.1) is 0 Å². The van der Waals surface area contributed by atoms with Crippen LogP contribution in [0.3, 0.4) is 0 Å². The summed E-state index contributed by atoms with van der Waals surface area (Å²) in [6.45, 7) is 3.14. The molecule has 0 heterocycles. The van der Waals surface area contributed by atoms with Crippen LogP contribution >= 0.6 is 0 Å². The van der Waals surface area contributed by atoms with Crippen LogP contribution in [0.2, 0.25) is 0 Å². The number of aliphatic hydroxyl groups is 1. The maximum atomic E-state index is 13.2. The van der Waals surface area contributed by atoms with Gasteiger partial charge in [0, 0.05) is 37.8 Å². The molecule has 0 saturated heterocycles. The van der Waals surface area contributed by atoms with E-state index in [4.69, 9.17) is 14.2 Å². The lowest BCUT2D eigenvalue weighted by atomic mass is 10.2. The molecule has 2 rings (SSSR count). The van der Waals surface area contributed by atoms with E-state index in [-0.39, 0.29) is 48.3 Å². The highest BCUT2D eigenvalue weighted by Gasteiger charge is 2.28. The Labute approximate surface area is 201 Å². The summed E-state index contributed by atoms with van der Waals surface area (Å²) in [6.07, 6.45) is 0. The Kier molecular flexibility index (Phi) is 9.71. The second kappa shape index (κ2) is 11.8. The molecule has 0 fully saturated rings. The molecule has 0 spiro atoms. The van der Waals surface area contributed by atoms with Gasteiger partial charge in [-0.05, 0) is 30.3 Å². The second-order valence-corrected chi connectivity index (χ2v) is 11.0. The summed E-state index contributed by atoms with van der Waals surface area (Å²) in [5.41, 5.74) is 0.339. The fourth-order valence-electron chi connectivity index (χ4n) is 3.43. The molecule has 0 saturated carbocycles. The summed E-state index contributed by atoms with van der Waals surface area (Å²) in [5.74, 6) is 1.05. The third kappa shape index (κ3) is 5.81. The summed E-state index contributed by atoms with van der Waals surface area (Å²) in [5, 5.41) is 9.53. The van der Waals surface area contributed by atoms with E-state index in [9.17, 15) is 21.9 Å². The first kappa shape index (κ1) is 27.9. The van der Waals surface area contributed by atoms with Gasteiger partial charge in [-0.15, -0.1) is 0 Å². The lowest BCUT2D eigenvalue weighted by Crippen LogP contribution is -2.41. The number of sulfonamides is 2. The molecule has 0 atom stereocenters. The SMILES string of the molecule is CCN(CCN(CC)S(=O)(=O)c1ccc(OC)c(OC)c1)S(=O)(=O)c1ccc(OC)c(CO)c1. The van der Waals surface area contributed by atoms with Crippen LogP contribution in [-0.2, 0) is 26.7 Å². The molecule has 2 aromatic carbocycles. The number of rotatable bonds is 13. The van der Waals surface area contributed by atoms with E-state index in [0.29, 0.717) is 17.1 Å². The van der Waals surface area contributed by atoms with Gasteiger partial charge in [0.1, 0.15) is 5.75 Å². The van der Waals surface area contributed by atoms with Gasteiger partial charge in [-0.25, -0.2) is 16.8 Å². The number of methoxy groups -OCH3 is 3. The number of aliphatic hydroxyl groups excluding tert-OH is 1. The molecular formula is C22H32N2O8S2. The van der Waals surface area contributed by atoms with Gasteiger partial charge in [0.15, 0.2) is 11.5 Å². The van der Waals surface area contributed by atoms with E-state index in [2.05, 4.69) is 0 Å². The van der Waals surface area contributed by atoms with Crippen LogP contribution in [0.25, 0.3) is 0 Å². The van der Waals surface area contributed by atoms with Crippen LogP contribution in [0.1, 0.15) is 19.4 Å². The van der Waals surface area contributed by atoms with Gasteiger partial charge in [-0.3, -0.25) is 0 Å². The Morgan fingerprint density at radius 3 is 1.56 bits per heavy atom. The van der Waals surface area contributed by atoms with Crippen LogP contribution < -0.4 is 14.2 Å². The van der Waals surface area contributed by atoms with E-state index in [1.807, 2.05) is 0 Å². The zero-order valence-corrected chi connectivity index (χ0v) is 21.6. The maximum absolute atomic E-state index is 13.2. The number of ether oxygens (including phenoxy) is 3. The normalized spacial score (nSPS) is 12.2. The van der Waals surface area contributed by atoms with Gasteiger partial charge >= 0.3 is 0 Å². The highest BCUT2D eigenvalue weighted by molar-refractivity contribution is 7.89. The Morgan fingerprint density at radius 2 is 1.15 bits per heavy atom. The van der Waals surface area contributed by atoms with Crippen molar-refractivity contribution in [2.75, 3.05) is 47.5 Å². The quantitative estimate of drug-likeness (QED) is 0.429. The van der Waals surface area contributed by atoms with Gasteiger partial charge in [-0.2, -0.15) is 8.61 Å². The second-order valence-electron chi connectivity index (χ2n) is 7.14. The van der Waals surface area contributed by atoms with E-state index in [1.54, 1.807) is 13.8 Å². The van der Waals surface area contributed by atoms with Crippen molar-refractivity contribution in [3.8, 4) is 17.2 Å². The van der Waals surface area contributed by atoms with Crippen molar-refractivity contribution in [1.82, 2.24) is 8.61 Å².